The van der Waals surface area contributed by atoms with Gasteiger partial charge >= 0.3 is 0 Å². The Hall–Kier alpha value is -1.55. The number of hydrogen-bond acceptors (Lipinski definition) is 2. The van der Waals surface area contributed by atoms with Crippen molar-refractivity contribution in [2.24, 2.45) is 0 Å². The quantitative estimate of drug-likeness (QED) is 0.832. The molecule has 2 fully saturated rings. The molecule has 0 N–H and O–H groups in total. The third-order valence-electron chi connectivity index (χ3n) is 5.16. The van der Waals surface area contributed by atoms with Crippen LogP contribution in [0.3, 0.4) is 0 Å². The van der Waals surface area contributed by atoms with Crippen molar-refractivity contribution >= 4 is 23.4 Å². The van der Waals surface area contributed by atoms with Crippen molar-refractivity contribution in [1.29, 1.82) is 0 Å². The van der Waals surface area contributed by atoms with Gasteiger partial charge in [0, 0.05) is 36.6 Å². The number of carbonyl (C=O) groups is 2. The molecule has 2 heterocycles. The number of nitrogens with zero attached hydrogens (tertiary/aromatic N) is 2. The van der Waals surface area contributed by atoms with Gasteiger partial charge < -0.3 is 9.80 Å². The molecule has 1 unspecified atom stereocenters. The predicted molar refractivity (Wildman–Crippen MR) is 90.6 cm³/mol. The summed E-state index contributed by atoms with van der Waals surface area (Å²) in [6, 6.07) is 7.04. The van der Waals surface area contributed by atoms with Gasteiger partial charge in [0.1, 0.15) is 0 Å². The fourth-order valence-electron chi connectivity index (χ4n) is 4.10. The lowest BCUT2D eigenvalue weighted by Gasteiger charge is -2.52. The Kier molecular flexibility index (Phi) is 4.62. The summed E-state index contributed by atoms with van der Waals surface area (Å²) in [7, 11) is 0. The van der Waals surface area contributed by atoms with Crippen LogP contribution in [-0.2, 0) is 4.79 Å². The maximum absolute atomic E-state index is 12.8. The lowest BCUT2D eigenvalue weighted by atomic mass is 9.79. The Bertz CT molecular complexity index is 598. The summed E-state index contributed by atoms with van der Waals surface area (Å²) in [5.41, 5.74) is 0.501. The minimum Gasteiger partial charge on any atom is -0.336 e. The summed E-state index contributed by atoms with van der Waals surface area (Å²) in [6.07, 6.45) is 4.51. The van der Waals surface area contributed by atoms with Gasteiger partial charge in [-0.25, -0.2) is 0 Å². The first kappa shape index (κ1) is 16.3. The Balaban J connectivity index is 1.81. The van der Waals surface area contributed by atoms with Crippen LogP contribution in [0.5, 0.6) is 0 Å². The molecule has 2 aliphatic heterocycles. The zero-order chi connectivity index (χ0) is 16.4. The van der Waals surface area contributed by atoms with Gasteiger partial charge in [0.15, 0.2) is 0 Å². The second kappa shape index (κ2) is 6.52. The summed E-state index contributed by atoms with van der Waals surface area (Å²) in [6.45, 7) is 4.16. The number of rotatable bonds is 2. The topological polar surface area (TPSA) is 40.6 Å². The van der Waals surface area contributed by atoms with Gasteiger partial charge in [0.25, 0.3) is 5.91 Å². The van der Waals surface area contributed by atoms with Crippen molar-refractivity contribution in [3.63, 3.8) is 0 Å². The zero-order valence-corrected chi connectivity index (χ0v) is 14.3. The van der Waals surface area contributed by atoms with Crippen LogP contribution in [0, 0.1) is 0 Å². The molecule has 1 atom stereocenters. The molecule has 2 aliphatic rings. The molecule has 4 nitrogen and oxygen atoms in total. The summed E-state index contributed by atoms with van der Waals surface area (Å²) in [4.78, 5) is 29.0. The van der Waals surface area contributed by atoms with Crippen molar-refractivity contribution in [2.75, 3.05) is 19.6 Å². The molecule has 1 aromatic rings. The first-order chi connectivity index (χ1) is 11.1. The number of halogens is 1. The van der Waals surface area contributed by atoms with Gasteiger partial charge in [0.2, 0.25) is 5.91 Å². The number of likely N-dealkylation sites (N-methyl/N-ethyl adjacent to an activating group) is 1. The third kappa shape index (κ3) is 3.09. The maximum atomic E-state index is 12.8. The number of piperidine rings is 2. The largest absolute Gasteiger partial charge is 0.336 e. The van der Waals surface area contributed by atoms with Crippen LogP contribution in [0.2, 0.25) is 5.02 Å². The minimum absolute atomic E-state index is 0.0369. The van der Waals surface area contributed by atoms with E-state index < -0.39 is 0 Å². The number of likely N-dealkylation sites (tertiary alicyclic amines) is 2. The third-order valence-corrected chi connectivity index (χ3v) is 5.41. The Labute approximate surface area is 142 Å². The first-order valence-electron chi connectivity index (χ1n) is 8.41. The summed E-state index contributed by atoms with van der Waals surface area (Å²) in [5.74, 6) is 0.273. The van der Waals surface area contributed by atoms with Crippen LogP contribution >= 0.6 is 11.6 Å². The zero-order valence-electron chi connectivity index (χ0n) is 13.6. The van der Waals surface area contributed by atoms with E-state index in [4.69, 9.17) is 11.6 Å². The molecule has 23 heavy (non-hydrogen) atoms. The van der Waals surface area contributed by atoms with Gasteiger partial charge in [-0.1, -0.05) is 11.6 Å². The molecule has 0 aliphatic carbocycles. The van der Waals surface area contributed by atoms with E-state index in [-0.39, 0.29) is 17.4 Å². The summed E-state index contributed by atoms with van der Waals surface area (Å²) >= 11 is 5.90. The standard InChI is InChI=1S/C18H23ClN2O2/c1-2-21-16(22)5-3-10-18(21)11-4-12-20(13-18)17(23)14-6-8-15(19)9-7-14/h6-9H,2-5,10-13H2,1H3. The van der Waals surface area contributed by atoms with Gasteiger partial charge in [-0.3, -0.25) is 9.59 Å². The lowest BCUT2D eigenvalue weighted by molar-refractivity contribution is -0.144. The normalized spacial score (nSPS) is 25.0. The number of carbonyl (C=O) groups excluding carboxylic acids is 2. The highest BCUT2D eigenvalue weighted by molar-refractivity contribution is 6.30. The fourth-order valence-corrected chi connectivity index (χ4v) is 4.23. The van der Waals surface area contributed by atoms with E-state index in [1.165, 1.54) is 0 Å². The van der Waals surface area contributed by atoms with Gasteiger partial charge in [-0.05, 0) is 56.9 Å². The van der Waals surface area contributed by atoms with Crippen LogP contribution in [0.1, 0.15) is 49.4 Å². The van der Waals surface area contributed by atoms with Crippen molar-refractivity contribution in [3.05, 3.63) is 34.9 Å². The van der Waals surface area contributed by atoms with E-state index in [9.17, 15) is 9.59 Å². The SMILES string of the molecule is CCN1C(=O)CCCC12CCCN(C(=O)c1ccc(Cl)cc1)C2. The van der Waals surface area contributed by atoms with Crippen molar-refractivity contribution in [3.8, 4) is 0 Å². The van der Waals surface area contributed by atoms with Crippen LogP contribution in [0.15, 0.2) is 24.3 Å². The number of hydrogen-bond donors (Lipinski definition) is 0. The molecule has 2 amide bonds. The molecular formula is C18H23ClN2O2. The average Bonchev–Trinajstić information content (AvgIpc) is 2.55. The molecule has 1 spiro atoms. The molecule has 5 heteroatoms. The molecule has 1 aromatic carbocycles. The molecule has 3 rings (SSSR count). The van der Waals surface area contributed by atoms with Crippen molar-refractivity contribution < 1.29 is 9.59 Å². The van der Waals surface area contributed by atoms with Crippen LogP contribution in [0.25, 0.3) is 0 Å². The van der Waals surface area contributed by atoms with Gasteiger partial charge in [0.05, 0.1) is 5.54 Å². The minimum atomic E-state index is -0.162. The van der Waals surface area contributed by atoms with E-state index in [0.29, 0.717) is 23.6 Å². The number of benzene rings is 1. The molecule has 0 aromatic heterocycles. The highest BCUT2D eigenvalue weighted by atomic mass is 35.5. The Morgan fingerprint density at radius 2 is 1.91 bits per heavy atom. The fraction of sp³-hybridized carbons (Fsp3) is 0.556. The second-order valence-corrected chi connectivity index (χ2v) is 6.99. The second-order valence-electron chi connectivity index (χ2n) is 6.55. The lowest BCUT2D eigenvalue weighted by Crippen LogP contribution is -2.63. The van der Waals surface area contributed by atoms with Crippen molar-refractivity contribution in [2.45, 2.75) is 44.6 Å². The van der Waals surface area contributed by atoms with Crippen LogP contribution < -0.4 is 0 Å². The van der Waals surface area contributed by atoms with Crippen LogP contribution in [-0.4, -0.2) is 46.8 Å². The van der Waals surface area contributed by atoms with E-state index in [1.807, 2.05) is 16.7 Å². The Morgan fingerprint density at radius 3 is 2.61 bits per heavy atom. The predicted octanol–water partition coefficient (Wildman–Crippen LogP) is 3.35. The Morgan fingerprint density at radius 1 is 1.22 bits per heavy atom. The van der Waals surface area contributed by atoms with Gasteiger partial charge in [-0.15, -0.1) is 0 Å². The molecule has 0 radical (unpaired) electrons. The molecule has 0 bridgehead atoms. The highest BCUT2D eigenvalue weighted by Crippen LogP contribution is 2.37. The maximum Gasteiger partial charge on any atom is 0.253 e. The van der Waals surface area contributed by atoms with Crippen molar-refractivity contribution in [1.82, 2.24) is 9.80 Å². The highest BCUT2D eigenvalue weighted by Gasteiger charge is 2.45. The van der Waals surface area contributed by atoms with E-state index >= 15 is 0 Å². The molecule has 0 saturated carbocycles. The monoisotopic (exact) mass is 334 g/mol. The summed E-state index contributed by atoms with van der Waals surface area (Å²) < 4.78 is 0. The molecule has 124 valence electrons. The number of amides is 2. The van der Waals surface area contributed by atoms with E-state index in [0.717, 1.165) is 38.8 Å². The average molecular weight is 335 g/mol. The van der Waals surface area contributed by atoms with E-state index in [2.05, 4.69) is 0 Å². The summed E-state index contributed by atoms with van der Waals surface area (Å²) in [5, 5.41) is 0.631. The van der Waals surface area contributed by atoms with Gasteiger partial charge in [-0.2, -0.15) is 0 Å². The smallest absolute Gasteiger partial charge is 0.253 e. The van der Waals surface area contributed by atoms with Crippen LogP contribution in [0.4, 0.5) is 0 Å². The van der Waals surface area contributed by atoms with E-state index in [1.54, 1.807) is 24.3 Å². The first-order valence-corrected chi connectivity index (χ1v) is 8.79. The molecular weight excluding hydrogens is 312 g/mol. The molecule has 2 saturated heterocycles.